The van der Waals surface area contributed by atoms with Crippen LogP contribution >= 0.6 is 15.9 Å². The van der Waals surface area contributed by atoms with Gasteiger partial charge in [-0.05, 0) is 49.2 Å². The first kappa shape index (κ1) is 13.6. The molecule has 2 aromatic carbocycles. The minimum atomic E-state index is -0.578. The van der Waals surface area contributed by atoms with Gasteiger partial charge in [0.15, 0.2) is 0 Å². The molecule has 0 aliphatic rings. The average Bonchev–Trinajstić information content (AvgIpc) is 2.36. The Labute approximate surface area is 119 Å². The third-order valence-corrected chi connectivity index (χ3v) is 3.98. The van der Waals surface area contributed by atoms with Crippen LogP contribution < -0.4 is 4.74 Å². The minimum Gasteiger partial charge on any atom is -0.456 e. The number of ether oxygens (including phenoxy) is 1. The second kappa shape index (κ2) is 5.41. The first-order valence-electron chi connectivity index (χ1n) is 5.66. The lowest BCUT2D eigenvalue weighted by atomic mass is 10.1. The highest BCUT2D eigenvalue weighted by molar-refractivity contribution is 9.10. The third kappa shape index (κ3) is 2.77. The van der Waals surface area contributed by atoms with E-state index in [2.05, 4.69) is 15.9 Å². The molecule has 2 aromatic rings. The number of benzene rings is 2. The SMILES string of the molecule is Cc1cc(Oc2cccc(F)c2C#N)cc(C)c1Br. The van der Waals surface area contributed by atoms with Gasteiger partial charge < -0.3 is 4.74 Å². The lowest BCUT2D eigenvalue weighted by Gasteiger charge is -2.11. The van der Waals surface area contributed by atoms with Gasteiger partial charge in [-0.25, -0.2) is 4.39 Å². The van der Waals surface area contributed by atoms with Gasteiger partial charge in [-0.3, -0.25) is 0 Å². The van der Waals surface area contributed by atoms with Gasteiger partial charge in [0, 0.05) is 4.47 Å². The van der Waals surface area contributed by atoms with E-state index in [9.17, 15) is 4.39 Å². The fourth-order valence-corrected chi connectivity index (χ4v) is 2.02. The molecule has 0 aliphatic heterocycles. The van der Waals surface area contributed by atoms with E-state index in [4.69, 9.17) is 10.00 Å². The van der Waals surface area contributed by atoms with Crippen LogP contribution in [0.2, 0.25) is 0 Å². The Bertz CT molecular complexity index is 653. The summed E-state index contributed by atoms with van der Waals surface area (Å²) in [4.78, 5) is 0. The van der Waals surface area contributed by atoms with Gasteiger partial charge in [0.2, 0.25) is 0 Å². The third-order valence-electron chi connectivity index (χ3n) is 2.72. The number of nitrogens with zero attached hydrogens (tertiary/aromatic N) is 1. The predicted octanol–water partition coefficient (Wildman–Crippen LogP) is 4.87. The van der Waals surface area contributed by atoms with Gasteiger partial charge in [-0.15, -0.1) is 0 Å². The summed E-state index contributed by atoms with van der Waals surface area (Å²) in [5.41, 5.74) is 1.95. The number of aryl methyl sites for hydroxylation is 2. The Hall–Kier alpha value is -1.86. The molecule has 0 atom stereocenters. The van der Waals surface area contributed by atoms with Crippen molar-refractivity contribution < 1.29 is 9.13 Å². The molecule has 0 saturated carbocycles. The zero-order chi connectivity index (χ0) is 14.0. The molecule has 96 valence electrons. The number of nitriles is 1. The first-order valence-corrected chi connectivity index (χ1v) is 6.45. The summed E-state index contributed by atoms with van der Waals surface area (Å²) in [6, 6.07) is 9.82. The highest BCUT2D eigenvalue weighted by Gasteiger charge is 2.11. The zero-order valence-electron chi connectivity index (χ0n) is 10.5. The van der Waals surface area contributed by atoms with Crippen molar-refractivity contribution in [1.29, 1.82) is 5.26 Å². The van der Waals surface area contributed by atoms with Crippen LogP contribution in [0.15, 0.2) is 34.8 Å². The lowest BCUT2D eigenvalue weighted by Crippen LogP contribution is -1.93. The monoisotopic (exact) mass is 319 g/mol. The summed E-state index contributed by atoms with van der Waals surface area (Å²) in [5.74, 6) is 0.231. The Kier molecular flexibility index (Phi) is 3.87. The van der Waals surface area contributed by atoms with Crippen molar-refractivity contribution >= 4 is 15.9 Å². The van der Waals surface area contributed by atoms with Crippen LogP contribution in [-0.4, -0.2) is 0 Å². The molecular formula is C15H11BrFNO. The number of hydrogen-bond donors (Lipinski definition) is 0. The largest absolute Gasteiger partial charge is 0.456 e. The van der Waals surface area contributed by atoms with Crippen molar-refractivity contribution in [3.8, 4) is 17.6 Å². The summed E-state index contributed by atoms with van der Waals surface area (Å²) < 4.78 is 20.1. The average molecular weight is 320 g/mol. The van der Waals surface area contributed by atoms with Crippen molar-refractivity contribution in [3.63, 3.8) is 0 Å². The van der Waals surface area contributed by atoms with Crippen molar-refractivity contribution in [2.45, 2.75) is 13.8 Å². The fourth-order valence-electron chi connectivity index (χ4n) is 1.79. The molecule has 0 aliphatic carbocycles. The van der Waals surface area contributed by atoms with Gasteiger partial charge >= 0.3 is 0 Å². The summed E-state index contributed by atoms with van der Waals surface area (Å²) in [7, 11) is 0. The van der Waals surface area contributed by atoms with E-state index in [-0.39, 0.29) is 11.3 Å². The standard InChI is InChI=1S/C15H11BrFNO/c1-9-6-11(7-10(2)15(9)16)19-14-5-3-4-13(17)12(14)8-18/h3-7H,1-2H3. The van der Waals surface area contributed by atoms with Crippen LogP contribution in [-0.2, 0) is 0 Å². The van der Waals surface area contributed by atoms with E-state index >= 15 is 0 Å². The smallest absolute Gasteiger partial charge is 0.148 e. The molecular weight excluding hydrogens is 309 g/mol. The Morgan fingerprint density at radius 1 is 1.21 bits per heavy atom. The minimum absolute atomic E-state index is 0.0827. The normalized spacial score (nSPS) is 10.1. The topological polar surface area (TPSA) is 33.0 Å². The molecule has 0 fully saturated rings. The van der Waals surface area contributed by atoms with Crippen LogP contribution in [0, 0.1) is 31.0 Å². The van der Waals surface area contributed by atoms with Gasteiger partial charge in [-0.2, -0.15) is 5.26 Å². The van der Waals surface area contributed by atoms with Crippen LogP contribution in [0.3, 0.4) is 0 Å². The maximum atomic E-state index is 13.5. The Morgan fingerprint density at radius 3 is 2.42 bits per heavy atom. The molecule has 0 amide bonds. The molecule has 0 spiro atoms. The summed E-state index contributed by atoms with van der Waals surface area (Å²) >= 11 is 3.47. The molecule has 2 nitrogen and oxygen atoms in total. The van der Waals surface area contributed by atoms with E-state index < -0.39 is 5.82 Å². The molecule has 0 radical (unpaired) electrons. The molecule has 0 unspecified atom stereocenters. The highest BCUT2D eigenvalue weighted by Crippen LogP contribution is 2.31. The lowest BCUT2D eigenvalue weighted by molar-refractivity contribution is 0.473. The van der Waals surface area contributed by atoms with Gasteiger partial charge in [-0.1, -0.05) is 22.0 Å². The van der Waals surface area contributed by atoms with Gasteiger partial charge in [0.25, 0.3) is 0 Å². The predicted molar refractivity (Wildman–Crippen MR) is 74.8 cm³/mol. The van der Waals surface area contributed by atoms with E-state index in [0.29, 0.717) is 5.75 Å². The van der Waals surface area contributed by atoms with Crippen molar-refractivity contribution in [2.75, 3.05) is 0 Å². The van der Waals surface area contributed by atoms with Crippen molar-refractivity contribution in [1.82, 2.24) is 0 Å². The van der Waals surface area contributed by atoms with Crippen LogP contribution in [0.4, 0.5) is 4.39 Å². The van der Waals surface area contributed by atoms with Gasteiger partial charge in [0.05, 0.1) is 0 Å². The zero-order valence-corrected chi connectivity index (χ0v) is 12.1. The molecule has 2 rings (SSSR count). The molecule has 0 aromatic heterocycles. The van der Waals surface area contributed by atoms with E-state index in [1.54, 1.807) is 6.07 Å². The summed E-state index contributed by atoms with van der Waals surface area (Å²) in [6.45, 7) is 3.89. The maximum Gasteiger partial charge on any atom is 0.148 e. The molecule has 0 N–H and O–H groups in total. The maximum absolute atomic E-state index is 13.5. The molecule has 0 saturated heterocycles. The number of hydrogen-bond acceptors (Lipinski definition) is 2. The molecule has 0 bridgehead atoms. The van der Waals surface area contributed by atoms with E-state index in [0.717, 1.165) is 15.6 Å². The second-order valence-electron chi connectivity index (χ2n) is 4.20. The number of halogens is 2. The first-order chi connectivity index (χ1) is 9.02. The Balaban J connectivity index is 2.43. The second-order valence-corrected chi connectivity index (χ2v) is 4.99. The van der Waals surface area contributed by atoms with Crippen molar-refractivity contribution in [2.24, 2.45) is 0 Å². The molecule has 4 heteroatoms. The van der Waals surface area contributed by atoms with E-state index in [1.165, 1.54) is 12.1 Å². The summed E-state index contributed by atoms with van der Waals surface area (Å²) in [5, 5.41) is 8.95. The van der Waals surface area contributed by atoms with Gasteiger partial charge in [0.1, 0.15) is 28.9 Å². The summed E-state index contributed by atoms with van der Waals surface area (Å²) in [6.07, 6.45) is 0. The molecule has 0 heterocycles. The van der Waals surface area contributed by atoms with Crippen LogP contribution in [0.25, 0.3) is 0 Å². The van der Waals surface area contributed by atoms with Crippen LogP contribution in [0.1, 0.15) is 16.7 Å². The van der Waals surface area contributed by atoms with Crippen LogP contribution in [0.5, 0.6) is 11.5 Å². The quantitative estimate of drug-likeness (QED) is 0.791. The van der Waals surface area contributed by atoms with Crippen molar-refractivity contribution in [3.05, 3.63) is 57.3 Å². The highest BCUT2D eigenvalue weighted by atomic mass is 79.9. The number of rotatable bonds is 2. The molecule has 19 heavy (non-hydrogen) atoms. The Morgan fingerprint density at radius 2 is 1.84 bits per heavy atom. The fraction of sp³-hybridized carbons (Fsp3) is 0.133. The van der Waals surface area contributed by atoms with E-state index in [1.807, 2.05) is 32.0 Å².